The molecule has 6 nitrogen and oxygen atoms in total. The van der Waals surface area contributed by atoms with Gasteiger partial charge in [-0.05, 0) is 24.3 Å². The molecule has 4 rings (SSSR count). The van der Waals surface area contributed by atoms with Gasteiger partial charge in [-0.15, -0.1) is 10.2 Å². The smallest absolute Gasteiger partial charge is 0.292 e. The van der Waals surface area contributed by atoms with Crippen molar-refractivity contribution in [1.82, 2.24) is 19.7 Å². The highest BCUT2D eigenvalue weighted by Crippen LogP contribution is 2.29. The lowest BCUT2D eigenvalue weighted by molar-refractivity contribution is -0.0957. The first-order valence-electron chi connectivity index (χ1n) is 9.55. The van der Waals surface area contributed by atoms with Crippen molar-refractivity contribution < 1.29 is 9.53 Å². The average molecular weight is 354 g/mol. The number of carbonyl (C=O) groups is 1. The molecule has 0 aliphatic carbocycles. The summed E-state index contributed by atoms with van der Waals surface area (Å²) in [6.45, 7) is 6.26. The van der Waals surface area contributed by atoms with Crippen LogP contribution in [-0.2, 0) is 17.7 Å². The fourth-order valence-electron chi connectivity index (χ4n) is 3.78. The minimum Gasteiger partial charge on any atom is -0.366 e. The Morgan fingerprint density at radius 1 is 1.15 bits per heavy atom. The average Bonchev–Trinajstić information content (AvgIpc) is 3.12. The summed E-state index contributed by atoms with van der Waals surface area (Å²) in [5.74, 6) is 1.73. The lowest BCUT2D eigenvalue weighted by Crippen LogP contribution is -2.49. The van der Waals surface area contributed by atoms with Crippen molar-refractivity contribution >= 4 is 5.91 Å². The summed E-state index contributed by atoms with van der Waals surface area (Å²) >= 11 is 0. The number of fused-ring (bicyclic) bond motifs is 1. The predicted octanol–water partition coefficient (Wildman–Crippen LogP) is 2.85. The Balaban J connectivity index is 1.60. The molecule has 3 heterocycles. The van der Waals surface area contributed by atoms with E-state index in [0.717, 1.165) is 37.2 Å². The van der Waals surface area contributed by atoms with Crippen LogP contribution >= 0.6 is 0 Å². The van der Waals surface area contributed by atoms with Crippen LogP contribution in [0, 0.1) is 5.92 Å². The van der Waals surface area contributed by atoms with Crippen LogP contribution in [0.2, 0.25) is 0 Å². The fraction of sp³-hybridized carbons (Fsp3) is 0.550. The van der Waals surface area contributed by atoms with E-state index in [-0.39, 0.29) is 18.1 Å². The van der Waals surface area contributed by atoms with Crippen molar-refractivity contribution in [2.75, 3.05) is 13.1 Å². The molecule has 2 aliphatic heterocycles. The van der Waals surface area contributed by atoms with Gasteiger partial charge in [0.1, 0.15) is 11.9 Å². The molecule has 1 amide bonds. The minimum atomic E-state index is -0.106. The van der Waals surface area contributed by atoms with Crippen molar-refractivity contribution in [2.24, 2.45) is 5.92 Å². The first kappa shape index (κ1) is 17.2. The van der Waals surface area contributed by atoms with Crippen LogP contribution in [0.3, 0.4) is 0 Å². The number of aryl methyl sites for hydroxylation is 1. The zero-order chi connectivity index (χ0) is 18.1. The third kappa shape index (κ3) is 3.26. The molecule has 26 heavy (non-hydrogen) atoms. The number of carbonyl (C=O) groups excluding carboxylic acids is 1. The Hall–Kier alpha value is -2.21. The van der Waals surface area contributed by atoms with Crippen molar-refractivity contribution in [3.8, 4) is 0 Å². The standard InChI is InChI=1S/C20H26N4O2/c1-14(2)16-12-23(13-17(26-16)15-8-4-3-5-9-15)20(25)19-22-21-18-10-6-7-11-24(18)19/h3-5,8-9,14,16-17H,6-7,10-13H2,1-2H3/t16-,17+/m1/s1. The van der Waals surface area contributed by atoms with Crippen LogP contribution in [0.25, 0.3) is 0 Å². The van der Waals surface area contributed by atoms with Crippen molar-refractivity contribution in [3.05, 3.63) is 47.5 Å². The van der Waals surface area contributed by atoms with Gasteiger partial charge >= 0.3 is 0 Å². The molecule has 2 aliphatic rings. The number of rotatable bonds is 3. The molecule has 0 radical (unpaired) electrons. The van der Waals surface area contributed by atoms with Gasteiger partial charge in [0.25, 0.3) is 5.91 Å². The molecule has 1 saturated heterocycles. The van der Waals surface area contributed by atoms with Crippen LogP contribution in [0.1, 0.15) is 54.8 Å². The monoisotopic (exact) mass is 354 g/mol. The highest BCUT2D eigenvalue weighted by Gasteiger charge is 2.35. The number of aromatic nitrogens is 3. The fourth-order valence-corrected chi connectivity index (χ4v) is 3.78. The highest BCUT2D eigenvalue weighted by molar-refractivity contribution is 5.91. The van der Waals surface area contributed by atoms with Gasteiger partial charge < -0.3 is 14.2 Å². The molecule has 0 N–H and O–H groups in total. The molecule has 1 aromatic carbocycles. The van der Waals surface area contributed by atoms with Crippen molar-refractivity contribution in [3.63, 3.8) is 0 Å². The van der Waals surface area contributed by atoms with Crippen LogP contribution in [-0.4, -0.2) is 44.8 Å². The Labute approximate surface area is 154 Å². The van der Waals surface area contributed by atoms with E-state index in [2.05, 4.69) is 36.2 Å². The Kier molecular flexibility index (Phi) is 4.76. The maximum absolute atomic E-state index is 13.2. The van der Waals surface area contributed by atoms with E-state index in [1.54, 1.807) is 0 Å². The van der Waals surface area contributed by atoms with Gasteiger partial charge in [0.2, 0.25) is 5.82 Å². The Bertz CT molecular complexity index is 771. The summed E-state index contributed by atoms with van der Waals surface area (Å²) in [6, 6.07) is 10.2. The molecular weight excluding hydrogens is 328 g/mol. The minimum absolute atomic E-state index is 0.0154. The number of ether oxygens (including phenoxy) is 1. The SMILES string of the molecule is CC(C)[C@H]1CN(C(=O)c2nnc3n2CCCC3)C[C@@H](c2ccccc2)O1. The second-order valence-electron chi connectivity index (χ2n) is 7.58. The molecular formula is C20H26N4O2. The number of nitrogens with zero attached hydrogens (tertiary/aromatic N) is 4. The van der Waals surface area contributed by atoms with Gasteiger partial charge in [-0.1, -0.05) is 44.2 Å². The number of hydrogen-bond donors (Lipinski definition) is 0. The van der Waals surface area contributed by atoms with Gasteiger partial charge in [0, 0.05) is 19.5 Å². The van der Waals surface area contributed by atoms with E-state index in [1.807, 2.05) is 27.7 Å². The summed E-state index contributed by atoms with van der Waals surface area (Å²) in [5.41, 5.74) is 1.11. The quantitative estimate of drug-likeness (QED) is 0.850. The summed E-state index contributed by atoms with van der Waals surface area (Å²) in [6.07, 6.45) is 3.02. The normalized spacial score (nSPS) is 23.1. The molecule has 0 unspecified atom stereocenters. The summed E-state index contributed by atoms with van der Waals surface area (Å²) in [7, 11) is 0. The number of morpholine rings is 1. The van der Waals surface area contributed by atoms with Crippen LogP contribution in [0.5, 0.6) is 0 Å². The largest absolute Gasteiger partial charge is 0.366 e. The lowest BCUT2D eigenvalue weighted by Gasteiger charge is -2.39. The number of benzene rings is 1. The molecule has 0 spiro atoms. The molecule has 6 heteroatoms. The molecule has 1 fully saturated rings. The maximum atomic E-state index is 13.2. The summed E-state index contributed by atoms with van der Waals surface area (Å²) in [4.78, 5) is 15.1. The van der Waals surface area contributed by atoms with E-state index in [4.69, 9.17) is 4.74 Å². The van der Waals surface area contributed by atoms with Gasteiger partial charge in [-0.3, -0.25) is 4.79 Å². The molecule has 0 saturated carbocycles. The molecule has 2 atom stereocenters. The van der Waals surface area contributed by atoms with Crippen LogP contribution in [0.4, 0.5) is 0 Å². The van der Waals surface area contributed by atoms with Crippen molar-refractivity contribution in [2.45, 2.75) is 51.9 Å². The van der Waals surface area contributed by atoms with Crippen LogP contribution < -0.4 is 0 Å². The Morgan fingerprint density at radius 3 is 2.73 bits per heavy atom. The number of hydrogen-bond acceptors (Lipinski definition) is 4. The topological polar surface area (TPSA) is 60.2 Å². The van der Waals surface area contributed by atoms with E-state index in [0.29, 0.717) is 24.8 Å². The highest BCUT2D eigenvalue weighted by atomic mass is 16.5. The van der Waals surface area contributed by atoms with E-state index >= 15 is 0 Å². The first-order chi connectivity index (χ1) is 12.6. The predicted molar refractivity (Wildman–Crippen MR) is 97.8 cm³/mol. The third-order valence-corrected chi connectivity index (χ3v) is 5.38. The van der Waals surface area contributed by atoms with E-state index < -0.39 is 0 Å². The van der Waals surface area contributed by atoms with E-state index in [9.17, 15) is 4.79 Å². The Morgan fingerprint density at radius 2 is 1.96 bits per heavy atom. The second kappa shape index (κ2) is 7.19. The van der Waals surface area contributed by atoms with Gasteiger partial charge in [0.15, 0.2) is 0 Å². The zero-order valence-corrected chi connectivity index (χ0v) is 15.5. The van der Waals surface area contributed by atoms with E-state index in [1.165, 1.54) is 0 Å². The summed E-state index contributed by atoms with van der Waals surface area (Å²) in [5, 5.41) is 8.46. The molecule has 1 aromatic heterocycles. The van der Waals surface area contributed by atoms with Gasteiger partial charge in [-0.2, -0.15) is 0 Å². The van der Waals surface area contributed by atoms with Crippen LogP contribution in [0.15, 0.2) is 30.3 Å². The van der Waals surface area contributed by atoms with Crippen molar-refractivity contribution in [1.29, 1.82) is 0 Å². The molecule has 2 aromatic rings. The number of amides is 1. The maximum Gasteiger partial charge on any atom is 0.292 e. The molecule has 0 bridgehead atoms. The second-order valence-corrected chi connectivity index (χ2v) is 7.58. The molecule has 138 valence electrons. The zero-order valence-electron chi connectivity index (χ0n) is 15.5. The van der Waals surface area contributed by atoms with Gasteiger partial charge in [-0.25, -0.2) is 0 Å². The lowest BCUT2D eigenvalue weighted by atomic mass is 10.0. The third-order valence-electron chi connectivity index (χ3n) is 5.38. The first-order valence-corrected chi connectivity index (χ1v) is 9.55. The summed E-state index contributed by atoms with van der Waals surface area (Å²) < 4.78 is 8.31. The van der Waals surface area contributed by atoms with Gasteiger partial charge in [0.05, 0.1) is 12.6 Å².